The first-order valence-electron chi connectivity index (χ1n) is 6.69. The summed E-state index contributed by atoms with van der Waals surface area (Å²) in [4.78, 5) is 13.3. The third-order valence-corrected chi connectivity index (χ3v) is 3.45. The van der Waals surface area contributed by atoms with E-state index >= 15 is 0 Å². The summed E-state index contributed by atoms with van der Waals surface area (Å²) in [6.07, 6.45) is 3.47. The quantitative estimate of drug-likeness (QED) is 0.749. The number of ether oxygens (including phenoxy) is 1. The standard InChI is InChI=1S/C15H21NO2/c1-13-5-4-8-16(11-13)9-10-18-15-7-3-2-6-14(15)12-17/h2-3,6-7,12-13H,4-5,8-11H2,1H3/t13-/m1/s1. The molecule has 1 saturated heterocycles. The molecule has 2 rings (SSSR count). The van der Waals surface area contributed by atoms with Gasteiger partial charge < -0.3 is 4.74 Å². The fourth-order valence-corrected chi connectivity index (χ4v) is 2.48. The summed E-state index contributed by atoms with van der Waals surface area (Å²) in [5.41, 5.74) is 0.629. The molecule has 0 radical (unpaired) electrons. The van der Waals surface area contributed by atoms with Gasteiger partial charge in [0.25, 0.3) is 0 Å². The van der Waals surface area contributed by atoms with Crippen molar-refractivity contribution in [2.24, 2.45) is 5.92 Å². The van der Waals surface area contributed by atoms with Gasteiger partial charge in [-0.1, -0.05) is 19.1 Å². The normalized spacial score (nSPS) is 20.6. The van der Waals surface area contributed by atoms with Gasteiger partial charge in [0.05, 0.1) is 5.56 Å². The number of hydrogen-bond acceptors (Lipinski definition) is 3. The largest absolute Gasteiger partial charge is 0.492 e. The summed E-state index contributed by atoms with van der Waals surface area (Å²) < 4.78 is 5.69. The second-order valence-corrected chi connectivity index (χ2v) is 5.05. The van der Waals surface area contributed by atoms with Gasteiger partial charge in [0, 0.05) is 13.1 Å². The highest BCUT2D eigenvalue weighted by Crippen LogP contribution is 2.17. The number of aldehydes is 1. The number of carbonyl (C=O) groups is 1. The van der Waals surface area contributed by atoms with Crippen LogP contribution in [0.25, 0.3) is 0 Å². The number of hydrogen-bond donors (Lipinski definition) is 0. The van der Waals surface area contributed by atoms with Crippen LogP contribution in [0.15, 0.2) is 24.3 Å². The second kappa shape index (κ2) is 6.55. The van der Waals surface area contributed by atoms with Gasteiger partial charge in [-0.3, -0.25) is 9.69 Å². The van der Waals surface area contributed by atoms with Crippen LogP contribution in [0.4, 0.5) is 0 Å². The fraction of sp³-hybridized carbons (Fsp3) is 0.533. The van der Waals surface area contributed by atoms with E-state index < -0.39 is 0 Å². The van der Waals surface area contributed by atoms with Gasteiger partial charge in [0.15, 0.2) is 6.29 Å². The molecule has 1 aromatic carbocycles. The van der Waals surface area contributed by atoms with Crippen LogP contribution in [-0.4, -0.2) is 37.4 Å². The fourth-order valence-electron chi connectivity index (χ4n) is 2.48. The molecule has 0 bridgehead atoms. The van der Waals surface area contributed by atoms with Gasteiger partial charge >= 0.3 is 0 Å². The van der Waals surface area contributed by atoms with Crippen LogP contribution in [-0.2, 0) is 0 Å². The zero-order valence-electron chi connectivity index (χ0n) is 11.0. The number of nitrogens with zero attached hydrogens (tertiary/aromatic N) is 1. The van der Waals surface area contributed by atoms with Gasteiger partial charge in [-0.15, -0.1) is 0 Å². The molecule has 98 valence electrons. The van der Waals surface area contributed by atoms with Crippen molar-refractivity contribution < 1.29 is 9.53 Å². The van der Waals surface area contributed by atoms with E-state index in [1.807, 2.05) is 18.2 Å². The van der Waals surface area contributed by atoms with E-state index in [1.165, 1.54) is 25.9 Å². The molecular weight excluding hydrogens is 226 g/mol. The number of likely N-dealkylation sites (tertiary alicyclic amines) is 1. The predicted octanol–water partition coefficient (Wildman–Crippen LogP) is 2.61. The van der Waals surface area contributed by atoms with Crippen molar-refractivity contribution in [3.8, 4) is 5.75 Å². The highest BCUT2D eigenvalue weighted by atomic mass is 16.5. The highest BCUT2D eigenvalue weighted by Gasteiger charge is 2.15. The van der Waals surface area contributed by atoms with Crippen LogP contribution in [0.1, 0.15) is 30.1 Å². The maximum Gasteiger partial charge on any atom is 0.153 e. The molecule has 0 unspecified atom stereocenters. The molecule has 1 aromatic rings. The summed E-state index contributed by atoms with van der Waals surface area (Å²) in [7, 11) is 0. The van der Waals surface area contributed by atoms with Crippen molar-refractivity contribution in [1.29, 1.82) is 0 Å². The molecular formula is C15H21NO2. The zero-order chi connectivity index (χ0) is 12.8. The topological polar surface area (TPSA) is 29.5 Å². The lowest BCUT2D eigenvalue weighted by atomic mass is 10.0. The zero-order valence-corrected chi connectivity index (χ0v) is 11.0. The van der Waals surface area contributed by atoms with Crippen molar-refractivity contribution in [1.82, 2.24) is 4.90 Å². The SMILES string of the molecule is C[C@@H]1CCCN(CCOc2ccccc2C=O)C1. The third kappa shape index (κ3) is 3.57. The Bertz CT molecular complexity index is 392. The summed E-state index contributed by atoms with van der Waals surface area (Å²) >= 11 is 0. The molecule has 3 heteroatoms. The molecule has 1 heterocycles. The molecule has 0 amide bonds. The smallest absolute Gasteiger partial charge is 0.153 e. The number of carbonyl (C=O) groups excluding carboxylic acids is 1. The van der Waals surface area contributed by atoms with Gasteiger partial charge in [0.2, 0.25) is 0 Å². The van der Waals surface area contributed by atoms with Crippen LogP contribution < -0.4 is 4.74 Å². The van der Waals surface area contributed by atoms with Crippen molar-refractivity contribution in [3.63, 3.8) is 0 Å². The Kier molecular flexibility index (Phi) is 4.76. The minimum Gasteiger partial charge on any atom is -0.492 e. The Morgan fingerprint density at radius 3 is 3.06 bits per heavy atom. The van der Waals surface area contributed by atoms with E-state index in [1.54, 1.807) is 6.07 Å². The number of benzene rings is 1. The molecule has 1 atom stereocenters. The summed E-state index contributed by atoms with van der Waals surface area (Å²) in [6, 6.07) is 7.38. The van der Waals surface area contributed by atoms with E-state index in [-0.39, 0.29) is 0 Å². The number of piperidine rings is 1. The number of para-hydroxylation sites is 1. The maximum atomic E-state index is 10.8. The van der Waals surface area contributed by atoms with Gasteiger partial charge in [0.1, 0.15) is 12.4 Å². The first-order chi connectivity index (χ1) is 8.79. The summed E-state index contributed by atoms with van der Waals surface area (Å²) in [5, 5.41) is 0. The van der Waals surface area contributed by atoms with Gasteiger partial charge in [-0.05, 0) is 37.4 Å². The lowest BCUT2D eigenvalue weighted by Crippen LogP contribution is -2.37. The van der Waals surface area contributed by atoms with E-state index in [2.05, 4.69) is 11.8 Å². The van der Waals surface area contributed by atoms with Crippen molar-refractivity contribution >= 4 is 6.29 Å². The van der Waals surface area contributed by atoms with Gasteiger partial charge in [-0.25, -0.2) is 0 Å². The first kappa shape index (κ1) is 13.1. The first-order valence-corrected chi connectivity index (χ1v) is 6.69. The average molecular weight is 247 g/mol. The minimum absolute atomic E-state index is 0.629. The molecule has 1 fully saturated rings. The van der Waals surface area contributed by atoms with E-state index in [9.17, 15) is 4.79 Å². The van der Waals surface area contributed by atoms with Gasteiger partial charge in [-0.2, -0.15) is 0 Å². The predicted molar refractivity (Wildman–Crippen MR) is 72.2 cm³/mol. The molecule has 0 spiro atoms. The summed E-state index contributed by atoms with van der Waals surface area (Å²) in [5.74, 6) is 1.48. The van der Waals surface area contributed by atoms with Crippen LogP contribution in [0.5, 0.6) is 5.75 Å². The van der Waals surface area contributed by atoms with Crippen LogP contribution in [0, 0.1) is 5.92 Å². The molecule has 0 saturated carbocycles. The molecule has 3 nitrogen and oxygen atoms in total. The monoisotopic (exact) mass is 247 g/mol. The third-order valence-electron chi connectivity index (χ3n) is 3.45. The Labute approximate surface area is 109 Å². The van der Waals surface area contributed by atoms with E-state index in [0.717, 1.165) is 18.7 Å². The van der Waals surface area contributed by atoms with E-state index in [0.29, 0.717) is 17.9 Å². The molecule has 0 aromatic heterocycles. The average Bonchev–Trinajstić information content (AvgIpc) is 2.39. The highest BCUT2D eigenvalue weighted by molar-refractivity contribution is 5.79. The Morgan fingerprint density at radius 2 is 2.28 bits per heavy atom. The Balaban J connectivity index is 1.79. The van der Waals surface area contributed by atoms with Crippen LogP contribution in [0.3, 0.4) is 0 Å². The Morgan fingerprint density at radius 1 is 1.44 bits per heavy atom. The lowest BCUT2D eigenvalue weighted by molar-refractivity contribution is 0.111. The van der Waals surface area contributed by atoms with E-state index in [4.69, 9.17) is 4.74 Å². The lowest BCUT2D eigenvalue weighted by Gasteiger charge is -2.30. The molecule has 0 N–H and O–H groups in total. The molecule has 0 aliphatic carbocycles. The maximum absolute atomic E-state index is 10.8. The van der Waals surface area contributed by atoms with Crippen molar-refractivity contribution in [2.45, 2.75) is 19.8 Å². The van der Waals surface area contributed by atoms with Crippen LogP contribution in [0.2, 0.25) is 0 Å². The summed E-state index contributed by atoms with van der Waals surface area (Å²) in [6.45, 7) is 6.23. The molecule has 1 aliphatic heterocycles. The van der Waals surface area contributed by atoms with Crippen molar-refractivity contribution in [2.75, 3.05) is 26.2 Å². The van der Waals surface area contributed by atoms with Crippen molar-refractivity contribution in [3.05, 3.63) is 29.8 Å². The Hall–Kier alpha value is -1.35. The number of rotatable bonds is 5. The molecule has 1 aliphatic rings. The second-order valence-electron chi connectivity index (χ2n) is 5.05. The molecule has 18 heavy (non-hydrogen) atoms. The van der Waals surface area contributed by atoms with Crippen LogP contribution >= 0.6 is 0 Å². The minimum atomic E-state index is 0.629.